The van der Waals surface area contributed by atoms with Crippen LogP contribution in [-0.4, -0.2) is 19.0 Å². The Hall–Kier alpha value is -1.26. The van der Waals surface area contributed by atoms with Gasteiger partial charge in [-0.3, -0.25) is 4.79 Å². The van der Waals surface area contributed by atoms with Gasteiger partial charge in [-0.2, -0.15) is 0 Å². The molecule has 0 bridgehead atoms. The van der Waals surface area contributed by atoms with Gasteiger partial charge >= 0.3 is 0 Å². The summed E-state index contributed by atoms with van der Waals surface area (Å²) in [5.74, 6) is 0.235. The van der Waals surface area contributed by atoms with Crippen LogP contribution in [0.15, 0.2) is 18.2 Å². The summed E-state index contributed by atoms with van der Waals surface area (Å²) >= 11 is 6.06. The lowest BCUT2D eigenvalue weighted by molar-refractivity contribution is -0.117. The SMILES string of the molecule is NCC1CC(=O)N(c2c(N)cccc2Cl)C1. The number of carbonyl (C=O) groups excluding carboxylic acids is 1. The maximum Gasteiger partial charge on any atom is 0.227 e. The Bertz CT molecular complexity index is 401. The molecule has 0 aromatic heterocycles. The number of rotatable bonds is 2. The van der Waals surface area contributed by atoms with Crippen molar-refractivity contribution < 1.29 is 4.79 Å². The number of nitrogens with two attached hydrogens (primary N) is 2. The smallest absolute Gasteiger partial charge is 0.227 e. The van der Waals surface area contributed by atoms with E-state index < -0.39 is 0 Å². The average Bonchev–Trinajstić information content (AvgIpc) is 2.60. The molecule has 1 fully saturated rings. The predicted molar refractivity (Wildman–Crippen MR) is 65.4 cm³/mol. The zero-order valence-electron chi connectivity index (χ0n) is 8.82. The van der Waals surface area contributed by atoms with Crippen LogP contribution in [0, 0.1) is 5.92 Å². The number of nitrogen functional groups attached to an aromatic ring is 1. The number of hydrogen-bond acceptors (Lipinski definition) is 3. The highest BCUT2D eigenvalue weighted by molar-refractivity contribution is 6.34. The highest BCUT2D eigenvalue weighted by Gasteiger charge is 2.31. The molecule has 1 aromatic carbocycles. The third kappa shape index (κ3) is 1.86. The van der Waals surface area contributed by atoms with Crippen LogP contribution < -0.4 is 16.4 Å². The highest BCUT2D eigenvalue weighted by Crippen LogP contribution is 2.35. The van der Waals surface area contributed by atoms with Crippen molar-refractivity contribution in [1.82, 2.24) is 0 Å². The fourth-order valence-electron chi connectivity index (χ4n) is 1.97. The molecular formula is C11H14ClN3O. The first-order valence-electron chi connectivity index (χ1n) is 5.18. The molecule has 0 spiro atoms. The summed E-state index contributed by atoms with van der Waals surface area (Å²) < 4.78 is 0. The topological polar surface area (TPSA) is 72.4 Å². The van der Waals surface area contributed by atoms with E-state index in [1.165, 1.54) is 0 Å². The van der Waals surface area contributed by atoms with Crippen LogP contribution in [0.1, 0.15) is 6.42 Å². The zero-order chi connectivity index (χ0) is 11.7. The number of hydrogen-bond donors (Lipinski definition) is 2. The van der Waals surface area contributed by atoms with Crippen molar-refractivity contribution in [2.45, 2.75) is 6.42 Å². The number of carbonyl (C=O) groups is 1. The predicted octanol–water partition coefficient (Wildman–Crippen LogP) is 1.23. The van der Waals surface area contributed by atoms with Crippen LogP contribution >= 0.6 is 11.6 Å². The molecule has 1 aliphatic rings. The van der Waals surface area contributed by atoms with Gasteiger partial charge < -0.3 is 16.4 Å². The van der Waals surface area contributed by atoms with Crippen LogP contribution in [0.2, 0.25) is 5.02 Å². The molecule has 1 atom stereocenters. The molecular weight excluding hydrogens is 226 g/mol. The largest absolute Gasteiger partial charge is 0.397 e. The molecule has 1 unspecified atom stereocenters. The van der Waals surface area contributed by atoms with Crippen molar-refractivity contribution >= 4 is 28.9 Å². The molecule has 1 aromatic rings. The minimum absolute atomic E-state index is 0.0373. The normalized spacial score (nSPS) is 20.5. The number of benzene rings is 1. The Morgan fingerprint density at radius 1 is 1.50 bits per heavy atom. The van der Waals surface area contributed by atoms with Crippen molar-refractivity contribution in [3.05, 3.63) is 23.2 Å². The molecule has 0 aliphatic carbocycles. The Labute approximate surface area is 99.2 Å². The molecule has 86 valence electrons. The van der Waals surface area contributed by atoms with E-state index in [0.717, 1.165) is 0 Å². The van der Waals surface area contributed by atoms with Crippen LogP contribution in [-0.2, 0) is 4.79 Å². The van der Waals surface area contributed by atoms with Gasteiger partial charge in [-0.05, 0) is 24.6 Å². The van der Waals surface area contributed by atoms with Gasteiger partial charge in [0.2, 0.25) is 5.91 Å². The molecule has 4 N–H and O–H groups in total. The van der Waals surface area contributed by atoms with Crippen LogP contribution in [0.4, 0.5) is 11.4 Å². The standard InChI is InChI=1S/C11H14ClN3O/c12-8-2-1-3-9(14)11(8)15-6-7(5-13)4-10(15)16/h1-3,7H,4-6,13-14H2. The number of nitrogens with zero attached hydrogens (tertiary/aromatic N) is 1. The van der Waals surface area contributed by atoms with E-state index in [-0.39, 0.29) is 11.8 Å². The second-order valence-electron chi connectivity index (χ2n) is 3.99. The molecule has 1 saturated heterocycles. The maximum atomic E-state index is 11.8. The fourth-order valence-corrected chi connectivity index (χ4v) is 2.26. The van der Waals surface area contributed by atoms with E-state index in [1.54, 1.807) is 23.1 Å². The van der Waals surface area contributed by atoms with E-state index in [1.807, 2.05) is 0 Å². The van der Waals surface area contributed by atoms with E-state index in [2.05, 4.69) is 0 Å². The highest BCUT2D eigenvalue weighted by atomic mass is 35.5. The quantitative estimate of drug-likeness (QED) is 0.763. The van der Waals surface area contributed by atoms with Gasteiger partial charge in [-0.1, -0.05) is 17.7 Å². The average molecular weight is 240 g/mol. The summed E-state index contributed by atoms with van der Waals surface area (Å²) in [6, 6.07) is 5.24. The molecule has 1 aliphatic heterocycles. The number of amides is 1. The lowest BCUT2D eigenvalue weighted by atomic mass is 10.1. The molecule has 5 heteroatoms. The van der Waals surface area contributed by atoms with Gasteiger partial charge in [-0.15, -0.1) is 0 Å². The summed E-state index contributed by atoms with van der Waals surface area (Å²) in [4.78, 5) is 13.4. The van der Waals surface area contributed by atoms with Crippen LogP contribution in [0.5, 0.6) is 0 Å². The third-order valence-electron chi connectivity index (χ3n) is 2.83. The molecule has 0 saturated carbocycles. The van der Waals surface area contributed by atoms with Crippen LogP contribution in [0.3, 0.4) is 0 Å². The van der Waals surface area contributed by atoms with Crippen LogP contribution in [0.25, 0.3) is 0 Å². The zero-order valence-corrected chi connectivity index (χ0v) is 9.57. The first kappa shape index (κ1) is 11.2. The number of para-hydroxylation sites is 1. The van der Waals surface area contributed by atoms with Gasteiger partial charge in [0.05, 0.1) is 16.4 Å². The minimum atomic E-state index is 0.0373. The van der Waals surface area contributed by atoms with Crippen molar-refractivity contribution in [3.8, 4) is 0 Å². The molecule has 0 radical (unpaired) electrons. The maximum absolute atomic E-state index is 11.8. The van der Waals surface area contributed by atoms with Gasteiger partial charge in [0.25, 0.3) is 0 Å². The van der Waals surface area contributed by atoms with Gasteiger partial charge in [0.15, 0.2) is 0 Å². The van der Waals surface area contributed by atoms with E-state index >= 15 is 0 Å². The summed E-state index contributed by atoms with van der Waals surface area (Å²) in [6.45, 7) is 1.11. The number of halogens is 1. The monoisotopic (exact) mass is 239 g/mol. The second-order valence-corrected chi connectivity index (χ2v) is 4.40. The van der Waals surface area contributed by atoms with E-state index in [9.17, 15) is 4.79 Å². The first-order chi connectivity index (χ1) is 7.63. The summed E-state index contributed by atoms with van der Waals surface area (Å²) in [7, 11) is 0. The fraction of sp³-hybridized carbons (Fsp3) is 0.364. The van der Waals surface area contributed by atoms with Crippen molar-refractivity contribution in [2.24, 2.45) is 11.7 Å². The Morgan fingerprint density at radius 2 is 2.25 bits per heavy atom. The minimum Gasteiger partial charge on any atom is -0.397 e. The summed E-state index contributed by atoms with van der Waals surface area (Å²) in [6.07, 6.45) is 0.473. The lowest BCUT2D eigenvalue weighted by Crippen LogP contribution is -2.26. The Morgan fingerprint density at radius 3 is 2.81 bits per heavy atom. The van der Waals surface area contributed by atoms with E-state index in [0.29, 0.717) is 35.9 Å². The van der Waals surface area contributed by atoms with Crippen molar-refractivity contribution in [3.63, 3.8) is 0 Å². The Balaban J connectivity index is 2.35. The molecule has 4 nitrogen and oxygen atoms in total. The molecule has 1 amide bonds. The second kappa shape index (κ2) is 4.31. The lowest BCUT2D eigenvalue weighted by Gasteiger charge is -2.19. The van der Waals surface area contributed by atoms with E-state index in [4.69, 9.17) is 23.1 Å². The van der Waals surface area contributed by atoms with Gasteiger partial charge in [-0.25, -0.2) is 0 Å². The third-order valence-corrected chi connectivity index (χ3v) is 3.13. The molecule has 16 heavy (non-hydrogen) atoms. The number of anilines is 2. The summed E-state index contributed by atoms with van der Waals surface area (Å²) in [5, 5.41) is 0.506. The first-order valence-corrected chi connectivity index (χ1v) is 5.55. The van der Waals surface area contributed by atoms with Gasteiger partial charge in [0.1, 0.15) is 0 Å². The van der Waals surface area contributed by atoms with Crippen molar-refractivity contribution in [1.29, 1.82) is 0 Å². The van der Waals surface area contributed by atoms with Gasteiger partial charge in [0, 0.05) is 13.0 Å². The Kier molecular flexibility index (Phi) is 3.03. The molecule has 1 heterocycles. The van der Waals surface area contributed by atoms with Crippen molar-refractivity contribution in [2.75, 3.05) is 23.7 Å². The molecule has 2 rings (SSSR count). The summed E-state index contributed by atoms with van der Waals surface area (Å²) in [5.41, 5.74) is 12.6.